The first-order chi connectivity index (χ1) is 17.5. The van der Waals surface area contributed by atoms with Crippen molar-refractivity contribution >= 4 is 11.6 Å². The van der Waals surface area contributed by atoms with E-state index in [0.717, 1.165) is 6.07 Å². The largest absolute Gasteiger partial charge is 0.416 e. The second kappa shape index (κ2) is 10.1. The Balaban J connectivity index is 1.75. The molecule has 1 saturated heterocycles. The molecular formula is C25H29F4N7O. The summed E-state index contributed by atoms with van der Waals surface area (Å²) < 4.78 is 58.0. The molecule has 0 spiro atoms. The summed E-state index contributed by atoms with van der Waals surface area (Å²) in [4.78, 5) is 21.0. The number of aromatic nitrogens is 4. The summed E-state index contributed by atoms with van der Waals surface area (Å²) in [7, 11) is 1.58. The molecule has 2 aromatic heterocycles. The highest BCUT2D eigenvalue weighted by Gasteiger charge is 2.40. The molecule has 1 aliphatic heterocycles. The highest BCUT2D eigenvalue weighted by molar-refractivity contribution is 5.48. The number of fused-ring (bicyclic) bond motifs is 1. The molecule has 37 heavy (non-hydrogen) atoms. The molecule has 0 bridgehead atoms. The van der Waals surface area contributed by atoms with Crippen LogP contribution in [0.3, 0.4) is 0 Å². The van der Waals surface area contributed by atoms with Crippen LogP contribution in [0.25, 0.3) is 5.65 Å². The van der Waals surface area contributed by atoms with Crippen LogP contribution in [0.5, 0.6) is 0 Å². The van der Waals surface area contributed by atoms with Gasteiger partial charge in [-0.1, -0.05) is 19.9 Å². The first-order valence-corrected chi connectivity index (χ1v) is 12.2. The van der Waals surface area contributed by atoms with Crippen LogP contribution < -0.4 is 10.6 Å². The predicted molar refractivity (Wildman–Crippen MR) is 130 cm³/mol. The molecule has 1 aromatic carbocycles. The first-order valence-electron chi connectivity index (χ1n) is 12.2. The van der Waals surface area contributed by atoms with E-state index in [-0.39, 0.29) is 24.1 Å². The van der Waals surface area contributed by atoms with Crippen LogP contribution >= 0.6 is 0 Å². The molecule has 3 aromatic rings. The number of halogens is 4. The van der Waals surface area contributed by atoms with Gasteiger partial charge in [0.25, 0.3) is 0 Å². The smallest absolute Gasteiger partial charge is 0.335 e. The number of nitriles is 1. The van der Waals surface area contributed by atoms with Gasteiger partial charge in [0, 0.05) is 44.3 Å². The number of alkyl halides is 3. The number of rotatable bonds is 6. The molecule has 1 aliphatic rings. The zero-order valence-corrected chi connectivity index (χ0v) is 21.1. The van der Waals surface area contributed by atoms with Crippen molar-refractivity contribution in [1.82, 2.24) is 24.1 Å². The maximum absolute atomic E-state index is 13.8. The Morgan fingerprint density at radius 2 is 1.86 bits per heavy atom. The topological polar surface area (TPSA) is 82.5 Å². The molecule has 8 nitrogen and oxygen atoms in total. The number of hydrogen-bond acceptors (Lipinski definition) is 6. The van der Waals surface area contributed by atoms with Crippen molar-refractivity contribution in [3.05, 3.63) is 57.4 Å². The minimum atomic E-state index is -4.68. The van der Waals surface area contributed by atoms with Crippen LogP contribution in [0, 0.1) is 17.1 Å². The summed E-state index contributed by atoms with van der Waals surface area (Å²) in [6, 6.07) is 5.61. The van der Waals surface area contributed by atoms with E-state index in [1.54, 1.807) is 24.6 Å². The SMILES string of the molecule is CC[C@H]1CN(C(C)c2ccc(F)cc2C(F)(F)F)[C@H](CC)CN1c1nc(=O)n(C)c2cc(CC#N)nn12. The number of anilines is 1. The second-order valence-electron chi connectivity index (χ2n) is 9.37. The number of hydrogen-bond donors (Lipinski definition) is 0. The van der Waals surface area contributed by atoms with Crippen molar-refractivity contribution in [2.75, 3.05) is 18.0 Å². The van der Waals surface area contributed by atoms with E-state index >= 15 is 0 Å². The number of benzene rings is 1. The van der Waals surface area contributed by atoms with Gasteiger partial charge in [-0.05, 0) is 37.5 Å². The fourth-order valence-corrected chi connectivity index (χ4v) is 5.19. The van der Waals surface area contributed by atoms with Crippen LogP contribution in [-0.2, 0) is 19.6 Å². The van der Waals surface area contributed by atoms with E-state index in [2.05, 4.69) is 16.2 Å². The lowest BCUT2D eigenvalue weighted by Crippen LogP contribution is -2.59. The molecule has 0 aliphatic carbocycles. The van der Waals surface area contributed by atoms with Crippen LogP contribution in [0.4, 0.5) is 23.5 Å². The van der Waals surface area contributed by atoms with Gasteiger partial charge in [-0.2, -0.15) is 33.0 Å². The van der Waals surface area contributed by atoms with Crippen molar-refractivity contribution in [3.63, 3.8) is 0 Å². The summed E-state index contributed by atoms with van der Waals surface area (Å²) in [6.07, 6.45) is -3.33. The molecule has 0 radical (unpaired) electrons. The molecule has 1 unspecified atom stereocenters. The van der Waals surface area contributed by atoms with Gasteiger partial charge in [0.05, 0.1) is 23.7 Å². The van der Waals surface area contributed by atoms with Crippen molar-refractivity contribution in [3.8, 4) is 6.07 Å². The molecule has 1 fully saturated rings. The van der Waals surface area contributed by atoms with Crippen molar-refractivity contribution in [1.29, 1.82) is 5.26 Å². The Morgan fingerprint density at radius 3 is 2.49 bits per heavy atom. The normalized spacial score (nSPS) is 19.8. The highest BCUT2D eigenvalue weighted by atomic mass is 19.4. The summed E-state index contributed by atoms with van der Waals surface area (Å²) in [5.74, 6) is -0.583. The Bertz CT molecular complexity index is 1390. The van der Waals surface area contributed by atoms with Crippen LogP contribution in [-0.4, -0.2) is 49.2 Å². The minimum absolute atomic E-state index is 0.0259. The van der Waals surface area contributed by atoms with Crippen LogP contribution in [0.2, 0.25) is 0 Å². The summed E-state index contributed by atoms with van der Waals surface area (Å²) in [5, 5.41) is 13.6. The maximum atomic E-state index is 13.8. The van der Waals surface area contributed by atoms with E-state index in [0.29, 0.717) is 49.3 Å². The lowest BCUT2D eigenvalue weighted by Gasteiger charge is -2.49. The Kier molecular flexibility index (Phi) is 7.28. The van der Waals surface area contributed by atoms with Crippen molar-refractivity contribution in [2.45, 2.75) is 64.3 Å². The van der Waals surface area contributed by atoms with Crippen molar-refractivity contribution in [2.24, 2.45) is 7.05 Å². The van der Waals surface area contributed by atoms with E-state index in [1.165, 1.54) is 10.6 Å². The molecule has 4 rings (SSSR count). The fraction of sp³-hybridized carbons (Fsp3) is 0.520. The summed E-state index contributed by atoms with van der Waals surface area (Å²) in [5.41, 5.74) is -0.402. The third-order valence-corrected chi connectivity index (χ3v) is 7.22. The zero-order valence-electron chi connectivity index (χ0n) is 21.1. The lowest BCUT2D eigenvalue weighted by molar-refractivity contribution is -0.139. The Hall–Kier alpha value is -3.46. The zero-order chi connectivity index (χ0) is 27.1. The molecule has 0 N–H and O–H groups in total. The second-order valence-corrected chi connectivity index (χ2v) is 9.37. The van der Waals surface area contributed by atoms with Crippen LogP contribution in [0.15, 0.2) is 29.1 Å². The monoisotopic (exact) mass is 519 g/mol. The van der Waals surface area contributed by atoms with Crippen molar-refractivity contribution < 1.29 is 17.6 Å². The van der Waals surface area contributed by atoms with E-state index in [4.69, 9.17) is 5.26 Å². The van der Waals surface area contributed by atoms with Gasteiger partial charge >= 0.3 is 11.9 Å². The minimum Gasteiger partial charge on any atom is -0.335 e. The highest BCUT2D eigenvalue weighted by Crippen LogP contribution is 2.39. The molecule has 0 amide bonds. The summed E-state index contributed by atoms with van der Waals surface area (Å²) in [6.45, 7) is 6.45. The number of nitrogens with zero attached hydrogens (tertiary/aromatic N) is 7. The molecule has 12 heteroatoms. The predicted octanol–water partition coefficient (Wildman–Crippen LogP) is 4.09. The summed E-state index contributed by atoms with van der Waals surface area (Å²) >= 11 is 0. The van der Waals surface area contributed by atoms with Gasteiger partial charge in [0.15, 0.2) is 0 Å². The van der Waals surface area contributed by atoms with E-state index in [9.17, 15) is 22.4 Å². The van der Waals surface area contributed by atoms with Gasteiger partial charge in [-0.25, -0.2) is 9.18 Å². The lowest BCUT2D eigenvalue weighted by atomic mass is 9.94. The average Bonchev–Trinajstić information content (AvgIpc) is 3.29. The molecule has 3 heterocycles. The van der Waals surface area contributed by atoms with E-state index in [1.807, 2.05) is 23.6 Å². The first kappa shape index (κ1) is 26.6. The average molecular weight is 520 g/mol. The van der Waals surface area contributed by atoms with Gasteiger partial charge in [0.1, 0.15) is 11.5 Å². The van der Waals surface area contributed by atoms with Gasteiger partial charge < -0.3 is 4.90 Å². The van der Waals surface area contributed by atoms with E-state index < -0.39 is 29.3 Å². The Morgan fingerprint density at radius 1 is 1.16 bits per heavy atom. The number of piperazine rings is 1. The molecular weight excluding hydrogens is 490 g/mol. The number of aryl methyl sites for hydroxylation is 1. The third kappa shape index (κ3) is 4.92. The quantitative estimate of drug-likeness (QED) is 0.457. The Labute approximate surface area is 211 Å². The van der Waals surface area contributed by atoms with Crippen LogP contribution in [0.1, 0.15) is 56.5 Å². The van der Waals surface area contributed by atoms with Gasteiger partial charge in [0.2, 0.25) is 5.95 Å². The maximum Gasteiger partial charge on any atom is 0.416 e. The fourth-order valence-electron chi connectivity index (χ4n) is 5.19. The van der Waals surface area contributed by atoms with Gasteiger partial charge in [-0.3, -0.25) is 9.47 Å². The van der Waals surface area contributed by atoms with Gasteiger partial charge in [-0.15, -0.1) is 0 Å². The molecule has 0 saturated carbocycles. The molecule has 198 valence electrons. The third-order valence-electron chi connectivity index (χ3n) is 7.22. The standard InChI is InChI=1S/C25H29F4N7O/c1-5-18-14-35(23-31-24(37)33(4)22-12-17(9-10-30)32-36(22)23)19(6-2)13-34(18)15(3)20-8-7-16(26)11-21(20)25(27,28)29/h7-8,11-12,15,18-19H,5-6,9,13-14H2,1-4H3/t15?,18-,19+/m1/s1. The molecule has 3 atom stereocenters.